The van der Waals surface area contributed by atoms with Crippen LogP contribution in [0.5, 0.6) is 0 Å². The highest BCUT2D eigenvalue weighted by Gasteiger charge is 2.12. The summed E-state index contributed by atoms with van der Waals surface area (Å²) in [5, 5.41) is 3.39. The quantitative estimate of drug-likeness (QED) is 0.557. The van der Waals surface area contributed by atoms with E-state index in [1.54, 1.807) is 7.11 Å². The number of methoxy groups -OCH3 is 1. The van der Waals surface area contributed by atoms with Crippen molar-refractivity contribution in [2.24, 2.45) is 4.99 Å². The van der Waals surface area contributed by atoms with Gasteiger partial charge in [0.25, 0.3) is 0 Å². The van der Waals surface area contributed by atoms with Crippen LogP contribution in [0.1, 0.15) is 41.0 Å². The number of aliphatic imine (C=N–C) groups is 1. The summed E-state index contributed by atoms with van der Waals surface area (Å²) in [5.41, 5.74) is 0.0709. The molecule has 0 rings (SSSR count). The molecule has 84 valence electrons. The molecule has 0 saturated carbocycles. The first-order chi connectivity index (χ1) is 6.35. The maximum absolute atomic E-state index is 5.05. The van der Waals surface area contributed by atoms with E-state index in [0.29, 0.717) is 12.6 Å². The predicted octanol–water partition coefficient (Wildman–Crippen LogP) is 2.22. The van der Waals surface area contributed by atoms with Crippen molar-refractivity contribution in [1.29, 1.82) is 0 Å². The summed E-state index contributed by atoms with van der Waals surface area (Å²) in [7, 11) is 1.71. The van der Waals surface area contributed by atoms with Gasteiger partial charge in [0.05, 0.1) is 12.4 Å². The summed E-state index contributed by atoms with van der Waals surface area (Å²) in [5.74, 6) is 1.04. The number of hydrogen-bond acceptors (Lipinski definition) is 2. The van der Waals surface area contributed by atoms with Gasteiger partial charge in [0, 0.05) is 25.1 Å². The summed E-state index contributed by atoms with van der Waals surface area (Å²) >= 11 is 0. The van der Waals surface area contributed by atoms with E-state index >= 15 is 0 Å². The Bertz CT molecular complexity index is 180. The third kappa shape index (κ3) is 8.05. The summed E-state index contributed by atoms with van der Waals surface area (Å²) in [6.45, 7) is 11.3. The largest absolute Gasteiger partial charge is 0.384 e. The fourth-order valence-corrected chi connectivity index (χ4v) is 1.10. The van der Waals surface area contributed by atoms with Crippen LogP contribution in [-0.4, -0.2) is 31.1 Å². The van der Waals surface area contributed by atoms with Crippen LogP contribution in [0.25, 0.3) is 0 Å². The van der Waals surface area contributed by atoms with E-state index in [9.17, 15) is 0 Å². The van der Waals surface area contributed by atoms with Crippen LogP contribution >= 0.6 is 0 Å². The normalized spacial score (nSPS) is 13.5. The van der Waals surface area contributed by atoms with Crippen molar-refractivity contribution < 1.29 is 4.74 Å². The lowest BCUT2D eigenvalue weighted by atomic mass is 10.1. The highest BCUT2D eigenvalue weighted by Crippen LogP contribution is 2.02. The molecule has 0 aliphatic rings. The van der Waals surface area contributed by atoms with Crippen LogP contribution in [0.4, 0.5) is 0 Å². The van der Waals surface area contributed by atoms with E-state index in [1.807, 2.05) is 0 Å². The van der Waals surface area contributed by atoms with Gasteiger partial charge in [-0.2, -0.15) is 0 Å². The maximum atomic E-state index is 5.05. The van der Waals surface area contributed by atoms with Crippen LogP contribution in [0.2, 0.25) is 0 Å². The highest BCUT2D eigenvalue weighted by molar-refractivity contribution is 5.83. The zero-order valence-corrected chi connectivity index (χ0v) is 10.3. The first-order valence-corrected chi connectivity index (χ1v) is 5.19. The average molecular weight is 200 g/mol. The maximum Gasteiger partial charge on any atom is 0.0993 e. The standard InChI is InChI=1S/C11H24N2O/c1-9(2)12-10(7-8-14-6)13-11(3,4)5/h9H,7-8H2,1-6H3,(H,12,13). The molecular weight excluding hydrogens is 176 g/mol. The van der Waals surface area contributed by atoms with Crippen molar-refractivity contribution in [2.75, 3.05) is 13.7 Å². The minimum Gasteiger partial charge on any atom is -0.384 e. The molecule has 1 N–H and O–H groups in total. The Kier molecular flexibility index (Phi) is 5.77. The molecule has 0 spiro atoms. The molecule has 0 aliphatic heterocycles. The highest BCUT2D eigenvalue weighted by atomic mass is 16.5. The average Bonchev–Trinajstić information content (AvgIpc) is 1.96. The molecule has 0 fully saturated rings. The van der Waals surface area contributed by atoms with E-state index in [-0.39, 0.29) is 5.54 Å². The van der Waals surface area contributed by atoms with E-state index < -0.39 is 0 Å². The fourth-order valence-electron chi connectivity index (χ4n) is 1.10. The Balaban J connectivity index is 4.25. The molecule has 0 aromatic heterocycles. The van der Waals surface area contributed by atoms with Gasteiger partial charge < -0.3 is 10.1 Å². The first kappa shape index (κ1) is 13.4. The topological polar surface area (TPSA) is 33.6 Å². The summed E-state index contributed by atoms with van der Waals surface area (Å²) in [6.07, 6.45) is 0.853. The van der Waals surface area contributed by atoms with Gasteiger partial charge >= 0.3 is 0 Å². The SMILES string of the molecule is COCCC(=NC(C)C)NC(C)(C)C. The number of nitrogens with one attached hydrogen (secondary N) is 1. The molecule has 14 heavy (non-hydrogen) atoms. The predicted molar refractivity (Wildman–Crippen MR) is 62.0 cm³/mol. The van der Waals surface area contributed by atoms with E-state index in [0.717, 1.165) is 12.3 Å². The fraction of sp³-hybridized carbons (Fsp3) is 0.909. The van der Waals surface area contributed by atoms with E-state index in [1.165, 1.54) is 0 Å². The van der Waals surface area contributed by atoms with Gasteiger partial charge in [0.15, 0.2) is 0 Å². The molecule has 0 unspecified atom stereocenters. The van der Waals surface area contributed by atoms with Gasteiger partial charge in [-0.1, -0.05) is 0 Å². The Hall–Kier alpha value is -0.570. The Morgan fingerprint density at radius 3 is 2.29 bits per heavy atom. The zero-order valence-electron chi connectivity index (χ0n) is 10.3. The van der Waals surface area contributed by atoms with Gasteiger partial charge in [-0.15, -0.1) is 0 Å². The van der Waals surface area contributed by atoms with Crippen molar-refractivity contribution in [2.45, 2.75) is 52.6 Å². The second-order valence-corrected chi connectivity index (χ2v) is 4.79. The van der Waals surface area contributed by atoms with Crippen molar-refractivity contribution in [3.05, 3.63) is 0 Å². The molecule has 0 aromatic rings. The zero-order chi connectivity index (χ0) is 11.2. The molecule has 0 atom stereocenters. The van der Waals surface area contributed by atoms with Crippen LogP contribution in [0, 0.1) is 0 Å². The molecular formula is C11H24N2O. The lowest BCUT2D eigenvalue weighted by Gasteiger charge is -2.24. The molecule has 3 nitrogen and oxygen atoms in total. The van der Waals surface area contributed by atoms with Gasteiger partial charge in [-0.25, -0.2) is 0 Å². The minimum absolute atomic E-state index is 0.0709. The van der Waals surface area contributed by atoms with Crippen molar-refractivity contribution >= 4 is 5.84 Å². The molecule has 3 heteroatoms. The Morgan fingerprint density at radius 2 is 1.93 bits per heavy atom. The number of hydrogen-bond donors (Lipinski definition) is 1. The third-order valence-corrected chi connectivity index (χ3v) is 1.48. The van der Waals surface area contributed by atoms with Crippen LogP contribution < -0.4 is 5.32 Å². The molecule has 0 aliphatic carbocycles. The second-order valence-electron chi connectivity index (χ2n) is 4.79. The molecule has 0 radical (unpaired) electrons. The summed E-state index contributed by atoms with van der Waals surface area (Å²) in [4.78, 5) is 4.53. The molecule has 0 saturated heterocycles. The molecule has 0 bridgehead atoms. The number of amidine groups is 1. The van der Waals surface area contributed by atoms with Crippen LogP contribution in [-0.2, 0) is 4.74 Å². The summed E-state index contributed by atoms with van der Waals surface area (Å²) < 4.78 is 5.05. The van der Waals surface area contributed by atoms with Gasteiger partial charge in [0.2, 0.25) is 0 Å². The van der Waals surface area contributed by atoms with E-state index in [4.69, 9.17) is 4.74 Å². The number of nitrogens with zero attached hydrogens (tertiary/aromatic N) is 1. The Morgan fingerprint density at radius 1 is 1.36 bits per heavy atom. The smallest absolute Gasteiger partial charge is 0.0993 e. The number of rotatable bonds is 4. The molecule has 0 heterocycles. The minimum atomic E-state index is 0.0709. The third-order valence-electron chi connectivity index (χ3n) is 1.48. The summed E-state index contributed by atoms with van der Waals surface area (Å²) in [6, 6.07) is 0.330. The van der Waals surface area contributed by atoms with E-state index in [2.05, 4.69) is 44.9 Å². The monoisotopic (exact) mass is 200 g/mol. The molecule has 0 aromatic carbocycles. The van der Waals surface area contributed by atoms with Gasteiger partial charge in [-0.05, 0) is 34.6 Å². The van der Waals surface area contributed by atoms with Gasteiger partial charge in [0.1, 0.15) is 0 Å². The molecule has 0 amide bonds. The van der Waals surface area contributed by atoms with Crippen LogP contribution in [0.3, 0.4) is 0 Å². The lowest BCUT2D eigenvalue weighted by molar-refractivity contribution is 0.206. The van der Waals surface area contributed by atoms with Crippen molar-refractivity contribution in [3.8, 4) is 0 Å². The Labute approximate surface area is 87.9 Å². The van der Waals surface area contributed by atoms with Crippen molar-refractivity contribution in [1.82, 2.24) is 5.32 Å². The van der Waals surface area contributed by atoms with Gasteiger partial charge in [-0.3, -0.25) is 4.99 Å². The van der Waals surface area contributed by atoms with Crippen molar-refractivity contribution in [3.63, 3.8) is 0 Å². The second kappa shape index (κ2) is 6.02. The number of ether oxygens (including phenoxy) is 1. The van der Waals surface area contributed by atoms with Crippen LogP contribution in [0.15, 0.2) is 4.99 Å². The lowest BCUT2D eigenvalue weighted by Crippen LogP contribution is -2.41. The first-order valence-electron chi connectivity index (χ1n) is 5.19.